The highest BCUT2D eigenvalue weighted by Gasteiger charge is 2.32. The summed E-state index contributed by atoms with van der Waals surface area (Å²) in [5.41, 5.74) is 1.04. The van der Waals surface area contributed by atoms with E-state index in [2.05, 4.69) is 15.6 Å². The van der Waals surface area contributed by atoms with Crippen molar-refractivity contribution in [1.29, 1.82) is 0 Å². The van der Waals surface area contributed by atoms with Crippen LogP contribution in [0.15, 0.2) is 23.2 Å². The zero-order valence-corrected chi connectivity index (χ0v) is 20.8. The Morgan fingerprint density at radius 1 is 1.19 bits per heavy atom. The highest BCUT2D eigenvalue weighted by molar-refractivity contribution is 14.0. The number of hydrogen-bond donors (Lipinski definition) is 2. The maximum absolute atomic E-state index is 12.5. The normalized spacial score (nSPS) is 15.9. The number of aliphatic imine (C=N–C) groups is 1. The van der Waals surface area contributed by atoms with Crippen molar-refractivity contribution < 1.29 is 22.6 Å². The number of benzene rings is 1. The molecule has 31 heavy (non-hydrogen) atoms. The van der Waals surface area contributed by atoms with Crippen LogP contribution in [0.2, 0.25) is 0 Å². The van der Waals surface area contributed by atoms with Crippen molar-refractivity contribution in [3.8, 4) is 11.5 Å². The summed E-state index contributed by atoms with van der Waals surface area (Å²) in [5.74, 6) is 2.54. The van der Waals surface area contributed by atoms with Gasteiger partial charge < -0.3 is 20.1 Å². The van der Waals surface area contributed by atoms with Gasteiger partial charge in [-0.15, -0.1) is 24.0 Å². The quantitative estimate of drug-likeness (QED) is 0.272. The molecule has 0 aromatic heterocycles. The van der Waals surface area contributed by atoms with Crippen molar-refractivity contribution in [3.05, 3.63) is 23.8 Å². The van der Waals surface area contributed by atoms with Gasteiger partial charge in [-0.25, -0.2) is 0 Å². The van der Waals surface area contributed by atoms with Gasteiger partial charge in [0.25, 0.3) is 0 Å². The lowest BCUT2D eigenvalue weighted by atomic mass is 9.93. The van der Waals surface area contributed by atoms with Crippen molar-refractivity contribution in [2.75, 3.05) is 46.9 Å². The third-order valence-electron chi connectivity index (χ3n) is 5.17. The molecule has 1 aromatic rings. The summed E-state index contributed by atoms with van der Waals surface area (Å²) in [7, 11) is 3.33. The van der Waals surface area contributed by atoms with E-state index in [0.717, 1.165) is 31.4 Å². The lowest BCUT2D eigenvalue weighted by molar-refractivity contribution is -0.148. The summed E-state index contributed by atoms with van der Waals surface area (Å²) in [5, 5.41) is 6.56. The van der Waals surface area contributed by atoms with Crippen molar-refractivity contribution in [2.24, 2.45) is 10.9 Å². The number of nitrogens with one attached hydrogen (secondary N) is 2. The molecule has 0 spiro atoms. The molecule has 1 aromatic carbocycles. The minimum absolute atomic E-state index is 0. The van der Waals surface area contributed by atoms with Gasteiger partial charge in [0.1, 0.15) is 0 Å². The van der Waals surface area contributed by atoms with E-state index in [1.165, 1.54) is 4.90 Å². The molecule has 1 aliphatic rings. The van der Waals surface area contributed by atoms with E-state index in [0.29, 0.717) is 49.6 Å². The summed E-state index contributed by atoms with van der Waals surface area (Å²) in [6.07, 6.45) is -1.59. The van der Waals surface area contributed by atoms with Gasteiger partial charge in [0.15, 0.2) is 17.5 Å². The molecule has 0 unspecified atom stereocenters. The van der Waals surface area contributed by atoms with Gasteiger partial charge in [-0.3, -0.25) is 9.89 Å². The molecule has 1 saturated heterocycles. The Balaban J connectivity index is 0.00000480. The zero-order valence-electron chi connectivity index (χ0n) is 18.4. The minimum atomic E-state index is -4.11. The van der Waals surface area contributed by atoms with Crippen LogP contribution in [0.3, 0.4) is 0 Å². The first-order valence-electron chi connectivity index (χ1n) is 10.4. The monoisotopic (exact) mass is 558 g/mol. The Hall–Kier alpha value is -1.43. The maximum Gasteiger partial charge on any atom is 0.401 e. The average molecular weight is 558 g/mol. The number of likely N-dealkylation sites (tertiary alicyclic amines) is 1. The summed E-state index contributed by atoms with van der Waals surface area (Å²) < 4.78 is 48.3. The van der Waals surface area contributed by atoms with Crippen molar-refractivity contribution in [1.82, 2.24) is 15.5 Å². The van der Waals surface area contributed by atoms with Gasteiger partial charge in [0.05, 0.1) is 20.3 Å². The third kappa shape index (κ3) is 10.2. The third-order valence-corrected chi connectivity index (χ3v) is 5.17. The Kier molecular flexibility index (Phi) is 12.3. The Morgan fingerprint density at radius 3 is 2.48 bits per heavy atom. The second-order valence-electron chi connectivity index (χ2n) is 7.39. The van der Waals surface area contributed by atoms with Crippen LogP contribution in [-0.4, -0.2) is 64.0 Å². The van der Waals surface area contributed by atoms with Crippen molar-refractivity contribution in [3.63, 3.8) is 0 Å². The SMILES string of the molecule is CCOc1cc(CNC(=NC)NCCC2CCN(CC(F)(F)F)CC2)ccc1OC.I. The number of piperidine rings is 1. The molecule has 1 heterocycles. The van der Waals surface area contributed by atoms with Gasteiger partial charge in [-0.05, 0) is 62.9 Å². The molecule has 0 amide bonds. The van der Waals surface area contributed by atoms with Gasteiger partial charge in [0.2, 0.25) is 0 Å². The molecule has 2 N–H and O–H groups in total. The maximum atomic E-state index is 12.5. The lowest BCUT2D eigenvalue weighted by Gasteiger charge is -2.32. The largest absolute Gasteiger partial charge is 0.493 e. The van der Waals surface area contributed by atoms with E-state index >= 15 is 0 Å². The fourth-order valence-electron chi connectivity index (χ4n) is 3.59. The Labute approximate surface area is 200 Å². The molecule has 0 radical (unpaired) electrons. The van der Waals surface area contributed by atoms with E-state index in [1.54, 1.807) is 14.2 Å². The molecule has 10 heteroatoms. The summed E-state index contributed by atoms with van der Waals surface area (Å²) in [6.45, 7) is 4.02. The topological polar surface area (TPSA) is 58.1 Å². The van der Waals surface area contributed by atoms with Crippen LogP contribution in [0.4, 0.5) is 13.2 Å². The summed E-state index contributed by atoms with van der Waals surface area (Å²) in [4.78, 5) is 5.73. The predicted molar refractivity (Wildman–Crippen MR) is 128 cm³/mol. The van der Waals surface area contributed by atoms with Crippen LogP contribution in [-0.2, 0) is 6.54 Å². The molecular formula is C21H34F3IN4O2. The van der Waals surface area contributed by atoms with Crippen molar-refractivity contribution in [2.45, 2.75) is 38.9 Å². The molecule has 0 saturated carbocycles. The molecule has 0 atom stereocenters. The van der Waals surface area contributed by atoms with E-state index < -0.39 is 12.7 Å². The van der Waals surface area contributed by atoms with E-state index in [-0.39, 0.29) is 24.0 Å². The fraction of sp³-hybridized carbons (Fsp3) is 0.667. The van der Waals surface area contributed by atoms with E-state index in [1.807, 2.05) is 25.1 Å². The lowest BCUT2D eigenvalue weighted by Crippen LogP contribution is -2.41. The second-order valence-corrected chi connectivity index (χ2v) is 7.39. The van der Waals surface area contributed by atoms with Gasteiger partial charge in [-0.2, -0.15) is 13.2 Å². The first-order valence-corrected chi connectivity index (χ1v) is 10.4. The summed E-state index contributed by atoms with van der Waals surface area (Å²) in [6, 6.07) is 5.79. The van der Waals surface area contributed by atoms with Crippen LogP contribution in [0.5, 0.6) is 11.5 Å². The molecular weight excluding hydrogens is 524 g/mol. The zero-order chi connectivity index (χ0) is 22.0. The number of rotatable bonds is 9. The van der Waals surface area contributed by atoms with Crippen molar-refractivity contribution >= 4 is 29.9 Å². The first kappa shape index (κ1) is 27.6. The number of nitrogens with zero attached hydrogens (tertiary/aromatic N) is 2. The molecule has 0 aliphatic carbocycles. The molecule has 1 aliphatic heterocycles. The smallest absolute Gasteiger partial charge is 0.401 e. The van der Waals surface area contributed by atoms with Gasteiger partial charge in [0, 0.05) is 20.1 Å². The first-order chi connectivity index (χ1) is 14.3. The van der Waals surface area contributed by atoms with Crippen LogP contribution in [0, 0.1) is 5.92 Å². The standard InChI is InChI=1S/C21H33F3N4O2.HI/c1-4-30-19-13-17(5-6-18(19)29-3)14-27-20(25-2)26-10-7-16-8-11-28(12-9-16)15-21(22,23)24;/h5-6,13,16H,4,7-12,14-15H2,1-3H3,(H2,25,26,27);1H. The highest BCUT2D eigenvalue weighted by Crippen LogP contribution is 2.28. The highest BCUT2D eigenvalue weighted by atomic mass is 127. The fourth-order valence-corrected chi connectivity index (χ4v) is 3.59. The van der Waals surface area contributed by atoms with E-state index in [9.17, 15) is 13.2 Å². The van der Waals surface area contributed by atoms with Crippen LogP contribution in [0.25, 0.3) is 0 Å². The number of alkyl halides is 3. The number of methoxy groups -OCH3 is 1. The minimum Gasteiger partial charge on any atom is -0.493 e. The number of halogens is 4. The molecule has 178 valence electrons. The number of ether oxygens (including phenoxy) is 2. The molecule has 1 fully saturated rings. The average Bonchev–Trinajstić information content (AvgIpc) is 2.71. The van der Waals surface area contributed by atoms with Crippen LogP contribution >= 0.6 is 24.0 Å². The Morgan fingerprint density at radius 2 is 1.90 bits per heavy atom. The molecule has 6 nitrogen and oxygen atoms in total. The molecule has 2 rings (SSSR count). The van der Waals surface area contributed by atoms with Gasteiger partial charge >= 0.3 is 6.18 Å². The van der Waals surface area contributed by atoms with E-state index in [4.69, 9.17) is 9.47 Å². The number of hydrogen-bond acceptors (Lipinski definition) is 4. The predicted octanol–water partition coefficient (Wildman–Crippen LogP) is 4.04. The second kappa shape index (κ2) is 13.9. The van der Waals surface area contributed by atoms with Crippen LogP contribution < -0.4 is 20.1 Å². The van der Waals surface area contributed by atoms with Crippen LogP contribution in [0.1, 0.15) is 31.7 Å². The number of guanidine groups is 1. The Bertz CT molecular complexity index is 681. The summed E-state index contributed by atoms with van der Waals surface area (Å²) >= 11 is 0. The molecule has 0 bridgehead atoms. The van der Waals surface area contributed by atoms with Gasteiger partial charge in [-0.1, -0.05) is 6.07 Å².